The zero-order valence-corrected chi connectivity index (χ0v) is 14.2. The van der Waals surface area contributed by atoms with Gasteiger partial charge in [0.2, 0.25) is 0 Å². The summed E-state index contributed by atoms with van der Waals surface area (Å²) in [4.78, 5) is 12.1. The number of ether oxygens (including phenoxy) is 2. The highest BCUT2D eigenvalue weighted by Gasteiger charge is 2.17. The first kappa shape index (κ1) is 17.4. The van der Waals surface area contributed by atoms with Crippen LogP contribution in [0.5, 0.6) is 0 Å². The third kappa shape index (κ3) is 5.03. The first-order valence-corrected chi connectivity index (χ1v) is 9.06. The van der Waals surface area contributed by atoms with Crippen LogP contribution < -0.4 is 10.6 Å². The van der Waals surface area contributed by atoms with Gasteiger partial charge in [0.25, 0.3) is 5.91 Å². The minimum Gasteiger partial charge on any atom is -0.381 e. The van der Waals surface area contributed by atoms with E-state index in [1.54, 1.807) is 6.07 Å². The van der Waals surface area contributed by atoms with Crippen molar-refractivity contribution in [3.63, 3.8) is 0 Å². The van der Waals surface area contributed by atoms with Crippen molar-refractivity contribution in [1.29, 1.82) is 0 Å². The van der Waals surface area contributed by atoms with E-state index in [1.165, 1.54) is 0 Å². The van der Waals surface area contributed by atoms with Crippen LogP contribution in [0, 0.1) is 0 Å². The highest BCUT2D eigenvalue weighted by molar-refractivity contribution is 5.92. The summed E-state index contributed by atoms with van der Waals surface area (Å²) in [5, 5.41) is 10.7. The molecule has 3 rings (SSSR count). The average Bonchev–Trinajstić information content (AvgIpc) is 3.13. The van der Waals surface area contributed by atoms with E-state index in [0.717, 1.165) is 58.4 Å². The second-order valence-electron chi connectivity index (χ2n) is 6.47. The molecule has 134 valence electrons. The smallest absolute Gasteiger partial charge is 0.271 e. The van der Waals surface area contributed by atoms with E-state index >= 15 is 0 Å². The molecule has 1 aromatic heterocycles. The number of carbonyl (C=O) groups excluding carboxylic acids is 1. The number of amides is 1. The quantitative estimate of drug-likeness (QED) is 0.730. The summed E-state index contributed by atoms with van der Waals surface area (Å²) in [6.07, 6.45) is 7.24. The van der Waals surface area contributed by atoms with Crippen molar-refractivity contribution in [2.24, 2.45) is 0 Å². The van der Waals surface area contributed by atoms with Gasteiger partial charge in [-0.25, -0.2) is 0 Å². The molecule has 1 amide bonds. The Bertz CT molecular complexity index is 508. The van der Waals surface area contributed by atoms with Gasteiger partial charge in [-0.15, -0.1) is 0 Å². The first-order chi connectivity index (χ1) is 11.8. The number of rotatable bonds is 7. The molecule has 0 saturated carbocycles. The van der Waals surface area contributed by atoms with Gasteiger partial charge in [-0.3, -0.25) is 9.48 Å². The van der Waals surface area contributed by atoms with Gasteiger partial charge in [-0.1, -0.05) is 0 Å². The summed E-state index contributed by atoms with van der Waals surface area (Å²) in [5.41, 5.74) is 0.492. The number of aromatic nitrogens is 2. The standard InChI is InChI=1S/C17H28N4O3/c22-17(19-8-2-10-24-15-5-11-23-12-6-15)16-4-9-21(20-16)14-3-1-7-18-13-14/h4,9,14-15,18H,1-3,5-8,10-13H2,(H,19,22). The van der Waals surface area contributed by atoms with Crippen LogP contribution in [0.3, 0.4) is 0 Å². The molecule has 2 N–H and O–H groups in total. The molecule has 0 aromatic carbocycles. The zero-order valence-electron chi connectivity index (χ0n) is 14.2. The number of nitrogens with zero attached hydrogens (tertiary/aromatic N) is 2. The largest absolute Gasteiger partial charge is 0.381 e. The fourth-order valence-electron chi connectivity index (χ4n) is 3.18. The van der Waals surface area contributed by atoms with Crippen molar-refractivity contribution in [3.8, 4) is 0 Å². The molecule has 3 heterocycles. The lowest BCUT2D eigenvalue weighted by molar-refractivity contribution is -0.0321. The van der Waals surface area contributed by atoms with Gasteiger partial charge in [0.15, 0.2) is 0 Å². The Labute approximate surface area is 143 Å². The maximum absolute atomic E-state index is 12.1. The van der Waals surface area contributed by atoms with Gasteiger partial charge in [0, 0.05) is 39.1 Å². The SMILES string of the molecule is O=C(NCCCOC1CCOCC1)c1ccn(C2CCCNC2)n1. The molecular formula is C17H28N4O3. The minimum atomic E-state index is -0.108. The van der Waals surface area contributed by atoms with E-state index in [4.69, 9.17) is 9.47 Å². The van der Waals surface area contributed by atoms with Crippen molar-refractivity contribution in [3.05, 3.63) is 18.0 Å². The molecule has 0 aliphatic carbocycles. The highest BCUT2D eigenvalue weighted by Crippen LogP contribution is 2.15. The van der Waals surface area contributed by atoms with Gasteiger partial charge in [-0.05, 0) is 44.7 Å². The monoisotopic (exact) mass is 336 g/mol. The summed E-state index contributed by atoms with van der Waals surface area (Å²) in [5.74, 6) is -0.108. The molecule has 1 unspecified atom stereocenters. The summed E-state index contributed by atoms with van der Waals surface area (Å²) in [6.45, 7) is 4.86. The summed E-state index contributed by atoms with van der Waals surface area (Å²) in [6, 6.07) is 2.15. The van der Waals surface area contributed by atoms with Gasteiger partial charge < -0.3 is 20.1 Å². The first-order valence-electron chi connectivity index (χ1n) is 9.06. The van der Waals surface area contributed by atoms with Crippen molar-refractivity contribution in [2.75, 3.05) is 39.5 Å². The topological polar surface area (TPSA) is 77.4 Å². The number of nitrogens with one attached hydrogen (secondary N) is 2. The molecule has 1 aromatic rings. The lowest BCUT2D eigenvalue weighted by atomic mass is 10.1. The van der Waals surface area contributed by atoms with Crippen LogP contribution in [0.15, 0.2) is 12.3 Å². The fourth-order valence-corrected chi connectivity index (χ4v) is 3.18. The second-order valence-corrected chi connectivity index (χ2v) is 6.47. The molecule has 2 aliphatic rings. The normalized spacial score (nSPS) is 22.4. The minimum absolute atomic E-state index is 0.108. The summed E-state index contributed by atoms with van der Waals surface area (Å²) >= 11 is 0. The van der Waals surface area contributed by atoms with Crippen molar-refractivity contribution in [2.45, 2.75) is 44.2 Å². The molecule has 1 atom stereocenters. The lowest BCUT2D eigenvalue weighted by Gasteiger charge is -2.22. The van der Waals surface area contributed by atoms with E-state index in [-0.39, 0.29) is 5.91 Å². The maximum Gasteiger partial charge on any atom is 0.271 e. The Kier molecular flexibility index (Phi) is 6.63. The van der Waals surface area contributed by atoms with Crippen LogP contribution in [0.1, 0.15) is 48.6 Å². The third-order valence-corrected chi connectivity index (χ3v) is 4.61. The molecule has 2 fully saturated rings. The Morgan fingerprint density at radius 1 is 1.42 bits per heavy atom. The van der Waals surface area contributed by atoms with E-state index in [2.05, 4.69) is 15.7 Å². The molecular weight excluding hydrogens is 308 g/mol. The maximum atomic E-state index is 12.1. The molecule has 2 aliphatic heterocycles. The van der Waals surface area contributed by atoms with Gasteiger partial charge in [-0.2, -0.15) is 5.10 Å². The second kappa shape index (κ2) is 9.15. The molecule has 0 radical (unpaired) electrons. The summed E-state index contributed by atoms with van der Waals surface area (Å²) < 4.78 is 13.0. The van der Waals surface area contributed by atoms with E-state index < -0.39 is 0 Å². The van der Waals surface area contributed by atoms with Crippen LogP contribution >= 0.6 is 0 Å². The predicted octanol–water partition coefficient (Wildman–Crippen LogP) is 1.12. The van der Waals surface area contributed by atoms with Gasteiger partial charge in [0.05, 0.1) is 12.1 Å². The predicted molar refractivity (Wildman–Crippen MR) is 90.1 cm³/mol. The number of carbonyl (C=O) groups is 1. The van der Waals surface area contributed by atoms with Crippen LogP contribution in [-0.2, 0) is 9.47 Å². The summed E-state index contributed by atoms with van der Waals surface area (Å²) in [7, 11) is 0. The van der Waals surface area contributed by atoms with Gasteiger partial charge >= 0.3 is 0 Å². The lowest BCUT2D eigenvalue weighted by Crippen LogP contribution is -2.32. The van der Waals surface area contributed by atoms with E-state index in [1.807, 2.05) is 10.9 Å². The number of hydrogen-bond donors (Lipinski definition) is 2. The van der Waals surface area contributed by atoms with Crippen LogP contribution in [0.2, 0.25) is 0 Å². The van der Waals surface area contributed by atoms with E-state index in [9.17, 15) is 4.79 Å². The van der Waals surface area contributed by atoms with Crippen LogP contribution in [0.25, 0.3) is 0 Å². The molecule has 2 saturated heterocycles. The Morgan fingerprint density at radius 3 is 3.08 bits per heavy atom. The molecule has 7 heteroatoms. The van der Waals surface area contributed by atoms with Crippen molar-refractivity contribution in [1.82, 2.24) is 20.4 Å². The third-order valence-electron chi connectivity index (χ3n) is 4.61. The van der Waals surface area contributed by atoms with Crippen molar-refractivity contribution >= 4 is 5.91 Å². The fraction of sp³-hybridized carbons (Fsp3) is 0.765. The molecule has 24 heavy (non-hydrogen) atoms. The van der Waals surface area contributed by atoms with E-state index in [0.29, 0.717) is 31.0 Å². The Hall–Kier alpha value is -1.44. The van der Waals surface area contributed by atoms with Crippen LogP contribution in [0.4, 0.5) is 0 Å². The zero-order chi connectivity index (χ0) is 16.6. The highest BCUT2D eigenvalue weighted by atomic mass is 16.5. The molecule has 7 nitrogen and oxygen atoms in total. The molecule has 0 bridgehead atoms. The Morgan fingerprint density at radius 2 is 2.29 bits per heavy atom. The van der Waals surface area contributed by atoms with Crippen LogP contribution in [-0.4, -0.2) is 61.2 Å². The molecule has 0 spiro atoms. The van der Waals surface area contributed by atoms with Crippen molar-refractivity contribution < 1.29 is 14.3 Å². The van der Waals surface area contributed by atoms with Gasteiger partial charge in [0.1, 0.15) is 5.69 Å². The number of hydrogen-bond acceptors (Lipinski definition) is 5. The average molecular weight is 336 g/mol. The number of piperidine rings is 1. The Balaban J connectivity index is 1.33.